The maximum absolute atomic E-state index is 13.9. The molecule has 1 aliphatic rings. The fourth-order valence-electron chi connectivity index (χ4n) is 3.58. The summed E-state index contributed by atoms with van der Waals surface area (Å²) in [6.45, 7) is 1.67. The standard InChI is InChI=1S/C21H21F2NO3/c1-2-21(20(26)27,13-7-4-3-5-8-13)12-24-19(25)15-11-14(15)18-16(22)9-6-10-17(18)23/h3-10,14-15H,2,11-12H2,1H3,(H,24,25)(H,26,27). The Labute approximate surface area is 156 Å². The molecule has 0 radical (unpaired) electrons. The van der Waals surface area contributed by atoms with Gasteiger partial charge in [0.15, 0.2) is 0 Å². The Bertz CT molecular complexity index is 836. The number of aliphatic carboxylic acids is 1. The predicted octanol–water partition coefficient (Wildman–Crippen LogP) is 3.62. The number of rotatable bonds is 7. The summed E-state index contributed by atoms with van der Waals surface area (Å²) in [5.74, 6) is -3.78. The molecule has 2 aromatic rings. The van der Waals surface area contributed by atoms with Crippen LogP contribution >= 0.6 is 0 Å². The van der Waals surface area contributed by atoms with E-state index in [2.05, 4.69) is 5.32 Å². The molecule has 0 bridgehead atoms. The van der Waals surface area contributed by atoms with Crippen LogP contribution < -0.4 is 5.32 Å². The van der Waals surface area contributed by atoms with Crippen LogP contribution in [0.5, 0.6) is 0 Å². The Kier molecular flexibility index (Phi) is 5.26. The molecule has 27 heavy (non-hydrogen) atoms. The lowest BCUT2D eigenvalue weighted by Crippen LogP contribution is -2.46. The molecule has 3 atom stereocenters. The summed E-state index contributed by atoms with van der Waals surface area (Å²) in [6, 6.07) is 12.4. The van der Waals surface area contributed by atoms with E-state index >= 15 is 0 Å². The van der Waals surface area contributed by atoms with Crippen molar-refractivity contribution in [2.24, 2.45) is 5.92 Å². The van der Waals surface area contributed by atoms with Crippen LogP contribution in [0.1, 0.15) is 36.8 Å². The molecule has 6 heteroatoms. The van der Waals surface area contributed by atoms with Crippen molar-refractivity contribution in [1.82, 2.24) is 5.32 Å². The first-order valence-corrected chi connectivity index (χ1v) is 8.91. The highest BCUT2D eigenvalue weighted by Crippen LogP contribution is 2.49. The monoisotopic (exact) mass is 373 g/mol. The minimum atomic E-state index is -1.25. The van der Waals surface area contributed by atoms with Crippen molar-refractivity contribution in [2.45, 2.75) is 31.1 Å². The second-order valence-electron chi connectivity index (χ2n) is 6.91. The third kappa shape index (κ3) is 3.56. The molecule has 1 aliphatic carbocycles. The first-order chi connectivity index (χ1) is 12.9. The largest absolute Gasteiger partial charge is 0.481 e. The van der Waals surface area contributed by atoms with Gasteiger partial charge < -0.3 is 10.4 Å². The first-order valence-electron chi connectivity index (χ1n) is 8.91. The maximum atomic E-state index is 13.9. The summed E-state index contributed by atoms with van der Waals surface area (Å²) in [5, 5.41) is 12.5. The molecular weight excluding hydrogens is 352 g/mol. The summed E-state index contributed by atoms with van der Waals surface area (Å²) in [6.07, 6.45) is 0.643. The normalized spacial score (nSPS) is 20.6. The van der Waals surface area contributed by atoms with Gasteiger partial charge >= 0.3 is 5.97 Å². The van der Waals surface area contributed by atoms with Gasteiger partial charge in [-0.15, -0.1) is 0 Å². The Morgan fingerprint density at radius 2 is 1.74 bits per heavy atom. The number of hydrogen-bond acceptors (Lipinski definition) is 2. The molecule has 2 aromatic carbocycles. The molecular formula is C21H21F2NO3. The summed E-state index contributed by atoms with van der Waals surface area (Å²) >= 11 is 0. The Morgan fingerprint density at radius 1 is 1.11 bits per heavy atom. The van der Waals surface area contributed by atoms with E-state index in [4.69, 9.17) is 0 Å². The number of amides is 1. The van der Waals surface area contributed by atoms with Crippen molar-refractivity contribution in [3.63, 3.8) is 0 Å². The number of halogens is 2. The van der Waals surface area contributed by atoms with Crippen LogP contribution in [0.3, 0.4) is 0 Å². The highest BCUT2D eigenvalue weighted by Gasteiger charge is 2.47. The van der Waals surface area contributed by atoms with Crippen molar-refractivity contribution < 1.29 is 23.5 Å². The lowest BCUT2D eigenvalue weighted by molar-refractivity contribution is -0.144. The zero-order valence-electron chi connectivity index (χ0n) is 14.9. The lowest BCUT2D eigenvalue weighted by atomic mass is 9.78. The number of nitrogens with one attached hydrogen (secondary N) is 1. The van der Waals surface area contributed by atoms with E-state index in [0.29, 0.717) is 18.4 Å². The molecule has 0 aliphatic heterocycles. The van der Waals surface area contributed by atoms with Crippen LogP contribution in [-0.2, 0) is 15.0 Å². The first kappa shape index (κ1) is 19.0. The predicted molar refractivity (Wildman–Crippen MR) is 96.3 cm³/mol. The topological polar surface area (TPSA) is 66.4 Å². The second kappa shape index (κ2) is 7.47. The van der Waals surface area contributed by atoms with Gasteiger partial charge in [-0.05, 0) is 30.5 Å². The van der Waals surface area contributed by atoms with Crippen molar-refractivity contribution in [3.8, 4) is 0 Å². The zero-order valence-corrected chi connectivity index (χ0v) is 14.9. The van der Waals surface area contributed by atoms with E-state index in [1.165, 1.54) is 18.2 Å². The molecule has 0 heterocycles. The van der Waals surface area contributed by atoms with Gasteiger partial charge in [-0.2, -0.15) is 0 Å². The van der Waals surface area contributed by atoms with Gasteiger partial charge in [-0.25, -0.2) is 8.78 Å². The molecule has 0 saturated heterocycles. The molecule has 1 saturated carbocycles. The van der Waals surface area contributed by atoms with E-state index in [-0.39, 0.29) is 18.0 Å². The third-order valence-corrected chi connectivity index (χ3v) is 5.40. The Balaban J connectivity index is 1.72. The number of carbonyl (C=O) groups is 2. The summed E-state index contributed by atoms with van der Waals surface area (Å²) in [7, 11) is 0. The molecule has 3 rings (SSSR count). The maximum Gasteiger partial charge on any atom is 0.315 e. The van der Waals surface area contributed by atoms with E-state index in [0.717, 1.165) is 0 Å². The van der Waals surface area contributed by atoms with Gasteiger partial charge in [0.1, 0.15) is 17.0 Å². The van der Waals surface area contributed by atoms with Crippen LogP contribution in [0.2, 0.25) is 0 Å². The van der Waals surface area contributed by atoms with Crippen LogP contribution in [0.15, 0.2) is 48.5 Å². The van der Waals surface area contributed by atoms with E-state index in [1.807, 2.05) is 0 Å². The molecule has 0 aromatic heterocycles. The summed E-state index contributed by atoms with van der Waals surface area (Å²) in [4.78, 5) is 24.5. The van der Waals surface area contributed by atoms with Gasteiger partial charge in [-0.1, -0.05) is 43.3 Å². The number of hydrogen-bond donors (Lipinski definition) is 2. The van der Waals surface area contributed by atoms with Gasteiger partial charge in [0.05, 0.1) is 0 Å². The number of carboxylic acid groups (broad SMARTS) is 1. The van der Waals surface area contributed by atoms with Crippen LogP contribution in [-0.4, -0.2) is 23.5 Å². The van der Waals surface area contributed by atoms with Crippen LogP contribution in [0, 0.1) is 17.6 Å². The van der Waals surface area contributed by atoms with E-state index in [1.54, 1.807) is 37.3 Å². The van der Waals surface area contributed by atoms with Crippen molar-refractivity contribution in [1.29, 1.82) is 0 Å². The summed E-state index contributed by atoms with van der Waals surface area (Å²) < 4.78 is 27.8. The molecule has 2 N–H and O–H groups in total. The van der Waals surface area contributed by atoms with E-state index < -0.39 is 34.9 Å². The summed E-state index contributed by atoms with van der Waals surface area (Å²) in [5.41, 5.74) is -0.710. The van der Waals surface area contributed by atoms with Gasteiger partial charge in [0, 0.05) is 23.9 Å². The molecule has 3 unspecified atom stereocenters. The Morgan fingerprint density at radius 3 is 2.30 bits per heavy atom. The third-order valence-electron chi connectivity index (χ3n) is 5.40. The number of benzene rings is 2. The minimum absolute atomic E-state index is 0.0688. The van der Waals surface area contributed by atoms with Crippen LogP contribution in [0.4, 0.5) is 8.78 Å². The fourth-order valence-corrected chi connectivity index (χ4v) is 3.58. The average molecular weight is 373 g/mol. The minimum Gasteiger partial charge on any atom is -0.481 e. The van der Waals surface area contributed by atoms with Crippen molar-refractivity contribution >= 4 is 11.9 Å². The van der Waals surface area contributed by atoms with E-state index in [9.17, 15) is 23.5 Å². The molecule has 1 amide bonds. The van der Waals surface area contributed by atoms with Crippen LogP contribution in [0.25, 0.3) is 0 Å². The fraction of sp³-hybridized carbons (Fsp3) is 0.333. The van der Waals surface area contributed by atoms with Crippen molar-refractivity contribution in [2.75, 3.05) is 6.54 Å². The zero-order chi connectivity index (χ0) is 19.6. The number of carbonyl (C=O) groups excluding carboxylic acids is 1. The smallest absolute Gasteiger partial charge is 0.315 e. The molecule has 0 spiro atoms. The molecule has 4 nitrogen and oxygen atoms in total. The lowest BCUT2D eigenvalue weighted by Gasteiger charge is -2.29. The second-order valence-corrected chi connectivity index (χ2v) is 6.91. The van der Waals surface area contributed by atoms with Crippen molar-refractivity contribution in [3.05, 3.63) is 71.3 Å². The molecule has 1 fully saturated rings. The molecule has 142 valence electrons. The highest BCUT2D eigenvalue weighted by atomic mass is 19.1. The highest BCUT2D eigenvalue weighted by molar-refractivity contribution is 5.86. The van der Waals surface area contributed by atoms with Gasteiger partial charge in [-0.3, -0.25) is 9.59 Å². The van der Waals surface area contributed by atoms with Gasteiger partial charge in [0.2, 0.25) is 5.91 Å². The Hall–Kier alpha value is -2.76. The van der Waals surface area contributed by atoms with Gasteiger partial charge in [0.25, 0.3) is 0 Å². The quantitative estimate of drug-likeness (QED) is 0.779. The SMILES string of the molecule is CCC(CNC(=O)C1CC1c1c(F)cccc1F)(C(=O)O)c1ccccc1. The number of carboxylic acids is 1. The average Bonchev–Trinajstić information content (AvgIpc) is 3.43.